The van der Waals surface area contributed by atoms with Crippen molar-refractivity contribution in [2.24, 2.45) is 5.92 Å². The average molecular weight is 279 g/mol. The fraction of sp³-hybridized carbons (Fsp3) is 0.600. The van der Waals surface area contributed by atoms with E-state index in [0.717, 1.165) is 25.1 Å². The van der Waals surface area contributed by atoms with E-state index in [0.29, 0.717) is 18.2 Å². The summed E-state index contributed by atoms with van der Waals surface area (Å²) in [6.45, 7) is 8.73. The summed E-state index contributed by atoms with van der Waals surface area (Å²) < 4.78 is 0. The second-order valence-electron chi connectivity index (χ2n) is 5.52. The van der Waals surface area contributed by atoms with Gasteiger partial charge in [0, 0.05) is 19.2 Å². The van der Waals surface area contributed by atoms with E-state index in [1.807, 2.05) is 13.0 Å². The van der Waals surface area contributed by atoms with Gasteiger partial charge in [0.15, 0.2) is 0 Å². The molecule has 1 N–H and O–H groups in total. The smallest absolute Gasteiger partial charge is 0.292 e. The molecule has 112 valence electrons. The molecule has 1 aromatic carbocycles. The van der Waals surface area contributed by atoms with Gasteiger partial charge in [-0.15, -0.1) is 0 Å². The van der Waals surface area contributed by atoms with E-state index in [1.54, 1.807) is 12.1 Å². The van der Waals surface area contributed by atoms with Gasteiger partial charge in [0.2, 0.25) is 0 Å². The van der Waals surface area contributed by atoms with Crippen molar-refractivity contribution in [3.05, 3.63) is 33.9 Å². The minimum absolute atomic E-state index is 0.154. The lowest BCUT2D eigenvalue weighted by molar-refractivity contribution is -0.384. The molecule has 1 aromatic rings. The molecule has 0 fully saturated rings. The standard InChI is InChI=1S/C15H25N3O2/c1-5-16-15-13(7-6-8-14(15)18(19)20)11-17(4)10-9-12(2)3/h6-8,12,16H,5,9-11H2,1-4H3. The van der Waals surface area contributed by atoms with Crippen molar-refractivity contribution in [3.8, 4) is 0 Å². The number of nitro benzene ring substituents is 1. The SMILES string of the molecule is CCNc1c(CN(C)CCC(C)C)cccc1[N+](=O)[O-]. The third-order valence-electron chi connectivity index (χ3n) is 3.21. The Morgan fingerprint density at radius 3 is 2.65 bits per heavy atom. The molecule has 20 heavy (non-hydrogen) atoms. The summed E-state index contributed by atoms with van der Waals surface area (Å²) in [5, 5.41) is 14.2. The van der Waals surface area contributed by atoms with Crippen LogP contribution in [-0.2, 0) is 6.54 Å². The number of hydrogen-bond donors (Lipinski definition) is 1. The molecule has 0 aromatic heterocycles. The molecule has 5 nitrogen and oxygen atoms in total. The first kappa shape index (κ1) is 16.4. The highest BCUT2D eigenvalue weighted by Crippen LogP contribution is 2.29. The maximum atomic E-state index is 11.1. The Kier molecular flexibility index (Phi) is 6.45. The van der Waals surface area contributed by atoms with Crippen LogP contribution in [0.5, 0.6) is 0 Å². The van der Waals surface area contributed by atoms with Gasteiger partial charge < -0.3 is 10.2 Å². The summed E-state index contributed by atoms with van der Waals surface area (Å²) in [7, 11) is 2.05. The summed E-state index contributed by atoms with van der Waals surface area (Å²) >= 11 is 0. The van der Waals surface area contributed by atoms with Crippen LogP contribution in [0.3, 0.4) is 0 Å². The zero-order valence-corrected chi connectivity index (χ0v) is 12.8. The zero-order chi connectivity index (χ0) is 15.1. The molecule has 0 bridgehead atoms. The lowest BCUT2D eigenvalue weighted by Crippen LogP contribution is -2.21. The maximum Gasteiger partial charge on any atom is 0.292 e. The van der Waals surface area contributed by atoms with Crippen LogP contribution in [0.15, 0.2) is 18.2 Å². The third-order valence-corrected chi connectivity index (χ3v) is 3.21. The van der Waals surface area contributed by atoms with E-state index < -0.39 is 0 Å². The van der Waals surface area contributed by atoms with Crippen molar-refractivity contribution in [2.75, 3.05) is 25.5 Å². The molecule has 0 aliphatic heterocycles. The van der Waals surface area contributed by atoms with Crippen LogP contribution in [0.1, 0.15) is 32.8 Å². The van der Waals surface area contributed by atoms with Crippen molar-refractivity contribution < 1.29 is 4.92 Å². The Morgan fingerprint density at radius 1 is 1.40 bits per heavy atom. The normalized spacial score (nSPS) is 11.1. The molecule has 0 unspecified atom stereocenters. The van der Waals surface area contributed by atoms with Crippen molar-refractivity contribution in [1.82, 2.24) is 4.90 Å². The van der Waals surface area contributed by atoms with Gasteiger partial charge in [-0.05, 0) is 38.4 Å². The number of anilines is 1. The topological polar surface area (TPSA) is 58.4 Å². The van der Waals surface area contributed by atoms with Crippen molar-refractivity contribution in [1.29, 1.82) is 0 Å². The number of benzene rings is 1. The van der Waals surface area contributed by atoms with E-state index in [1.165, 1.54) is 0 Å². The van der Waals surface area contributed by atoms with Gasteiger partial charge in [-0.1, -0.05) is 26.0 Å². The molecule has 0 atom stereocenters. The third kappa shape index (κ3) is 4.81. The van der Waals surface area contributed by atoms with Crippen molar-refractivity contribution in [2.45, 2.75) is 33.7 Å². The predicted octanol–water partition coefficient (Wildman–Crippen LogP) is 3.50. The van der Waals surface area contributed by atoms with Crippen LogP contribution in [0.25, 0.3) is 0 Å². The van der Waals surface area contributed by atoms with Crippen molar-refractivity contribution >= 4 is 11.4 Å². The zero-order valence-electron chi connectivity index (χ0n) is 12.8. The lowest BCUT2D eigenvalue weighted by atomic mass is 10.1. The second kappa shape index (κ2) is 7.85. The van der Waals surface area contributed by atoms with Gasteiger partial charge in [-0.2, -0.15) is 0 Å². The van der Waals surface area contributed by atoms with E-state index in [4.69, 9.17) is 0 Å². The highest BCUT2D eigenvalue weighted by Gasteiger charge is 2.17. The molecule has 1 rings (SSSR count). The highest BCUT2D eigenvalue weighted by atomic mass is 16.6. The molecule has 0 amide bonds. The number of hydrogen-bond acceptors (Lipinski definition) is 4. The van der Waals surface area contributed by atoms with Gasteiger partial charge >= 0.3 is 0 Å². The number of para-hydroxylation sites is 1. The van der Waals surface area contributed by atoms with Gasteiger partial charge in [-0.3, -0.25) is 10.1 Å². The van der Waals surface area contributed by atoms with Crippen LogP contribution in [0.2, 0.25) is 0 Å². The van der Waals surface area contributed by atoms with Gasteiger partial charge in [0.25, 0.3) is 5.69 Å². The molecule has 0 saturated carbocycles. The Hall–Kier alpha value is -1.62. The highest BCUT2D eigenvalue weighted by molar-refractivity contribution is 5.66. The maximum absolute atomic E-state index is 11.1. The molecule has 0 saturated heterocycles. The monoisotopic (exact) mass is 279 g/mol. The minimum atomic E-state index is -0.324. The van der Waals surface area contributed by atoms with Crippen LogP contribution in [0.4, 0.5) is 11.4 Å². The first-order valence-corrected chi connectivity index (χ1v) is 7.14. The number of nitrogens with one attached hydrogen (secondary N) is 1. The molecule has 0 aliphatic rings. The van der Waals surface area contributed by atoms with Crippen LogP contribution in [0, 0.1) is 16.0 Å². The van der Waals surface area contributed by atoms with Crippen LogP contribution in [-0.4, -0.2) is 30.0 Å². The van der Waals surface area contributed by atoms with Crippen LogP contribution < -0.4 is 5.32 Å². The minimum Gasteiger partial charge on any atom is -0.380 e. The molecule has 0 aliphatic carbocycles. The lowest BCUT2D eigenvalue weighted by Gasteiger charge is -2.20. The van der Waals surface area contributed by atoms with Gasteiger partial charge in [-0.25, -0.2) is 0 Å². The molecular weight excluding hydrogens is 254 g/mol. The molecule has 5 heteroatoms. The number of nitrogens with zero attached hydrogens (tertiary/aromatic N) is 2. The van der Waals surface area contributed by atoms with E-state index in [9.17, 15) is 10.1 Å². The van der Waals surface area contributed by atoms with E-state index >= 15 is 0 Å². The van der Waals surface area contributed by atoms with Gasteiger partial charge in [0.05, 0.1) is 4.92 Å². The fourth-order valence-electron chi connectivity index (χ4n) is 2.10. The summed E-state index contributed by atoms with van der Waals surface area (Å²) in [5.74, 6) is 0.663. The van der Waals surface area contributed by atoms with Crippen molar-refractivity contribution in [3.63, 3.8) is 0 Å². The van der Waals surface area contributed by atoms with Gasteiger partial charge in [0.1, 0.15) is 5.69 Å². The quantitative estimate of drug-likeness (QED) is 0.584. The number of rotatable bonds is 8. The molecule has 0 spiro atoms. The Morgan fingerprint density at radius 2 is 2.10 bits per heavy atom. The summed E-state index contributed by atoms with van der Waals surface area (Å²) in [6, 6.07) is 5.26. The fourth-order valence-corrected chi connectivity index (χ4v) is 2.10. The van der Waals surface area contributed by atoms with Crippen LogP contribution >= 0.6 is 0 Å². The average Bonchev–Trinajstić information content (AvgIpc) is 2.38. The largest absolute Gasteiger partial charge is 0.380 e. The predicted molar refractivity (Wildman–Crippen MR) is 83.0 cm³/mol. The van der Waals surface area contributed by atoms with E-state index in [-0.39, 0.29) is 10.6 Å². The van der Waals surface area contributed by atoms with E-state index in [2.05, 4.69) is 31.1 Å². The summed E-state index contributed by atoms with van der Waals surface area (Å²) in [4.78, 5) is 13.0. The summed E-state index contributed by atoms with van der Waals surface area (Å²) in [6.07, 6.45) is 1.13. The molecule has 0 heterocycles. The first-order chi connectivity index (χ1) is 9.45. The summed E-state index contributed by atoms with van der Waals surface area (Å²) in [5.41, 5.74) is 1.78. The Bertz CT molecular complexity index is 447. The first-order valence-electron chi connectivity index (χ1n) is 7.14. The molecule has 0 radical (unpaired) electrons. The molecular formula is C15H25N3O2. The Labute approximate surface area is 121 Å². The number of nitro groups is 1. The Balaban J connectivity index is 2.88. The second-order valence-corrected chi connectivity index (χ2v) is 5.52.